The molecular formula is C25H49N5O13. The molecule has 2 heterocycles. The number of aliphatic hydroxyl groups excluding tert-OH is 8. The SMILES string of the molecule is CNC1C(O)C(OC2C(NC(=O)C(O)CN)CC(N)C(C3OC(CNCC(O)CO)C(O)C(O)C3O)C2O)OCC1(C)O. The molecule has 0 aromatic rings. The highest BCUT2D eigenvalue weighted by Crippen LogP contribution is 2.37. The van der Waals surface area contributed by atoms with Gasteiger partial charge in [0.2, 0.25) is 5.91 Å². The Hall–Kier alpha value is -1.17. The summed E-state index contributed by atoms with van der Waals surface area (Å²) in [5.41, 5.74) is 10.4. The summed E-state index contributed by atoms with van der Waals surface area (Å²) in [6.45, 7) is 0.114. The van der Waals surface area contributed by atoms with Crippen LogP contribution < -0.4 is 27.4 Å². The molecule has 16 N–H and O–H groups in total. The van der Waals surface area contributed by atoms with Crippen LogP contribution in [0.5, 0.6) is 0 Å². The van der Waals surface area contributed by atoms with E-state index in [4.69, 9.17) is 30.8 Å². The molecule has 16 atom stereocenters. The normalized spacial score (nSPS) is 45.4. The van der Waals surface area contributed by atoms with E-state index < -0.39 is 116 Å². The zero-order chi connectivity index (χ0) is 32.2. The van der Waals surface area contributed by atoms with Gasteiger partial charge in [-0.3, -0.25) is 4.79 Å². The summed E-state index contributed by atoms with van der Waals surface area (Å²) in [7, 11) is 1.52. The molecule has 252 valence electrons. The van der Waals surface area contributed by atoms with Crippen molar-refractivity contribution in [3.8, 4) is 0 Å². The zero-order valence-corrected chi connectivity index (χ0v) is 24.2. The molecule has 1 amide bonds. The van der Waals surface area contributed by atoms with Gasteiger partial charge in [0.1, 0.15) is 42.2 Å². The van der Waals surface area contributed by atoms with Crippen LogP contribution in [0.2, 0.25) is 0 Å². The molecule has 16 unspecified atom stereocenters. The molecule has 3 aliphatic rings. The lowest BCUT2D eigenvalue weighted by molar-refractivity contribution is -0.303. The van der Waals surface area contributed by atoms with Gasteiger partial charge in [-0.2, -0.15) is 0 Å². The largest absolute Gasteiger partial charge is 0.394 e. The number of rotatable bonds is 12. The van der Waals surface area contributed by atoms with Gasteiger partial charge in [-0.1, -0.05) is 0 Å². The number of hydrogen-bond acceptors (Lipinski definition) is 17. The van der Waals surface area contributed by atoms with Crippen LogP contribution in [-0.4, -0.2) is 183 Å². The van der Waals surface area contributed by atoms with Crippen LogP contribution in [0.3, 0.4) is 0 Å². The summed E-state index contributed by atoms with van der Waals surface area (Å²) in [4.78, 5) is 12.6. The summed E-state index contributed by atoms with van der Waals surface area (Å²) in [5.74, 6) is -2.03. The smallest absolute Gasteiger partial charge is 0.250 e. The van der Waals surface area contributed by atoms with Crippen molar-refractivity contribution in [3.05, 3.63) is 0 Å². The third kappa shape index (κ3) is 8.17. The van der Waals surface area contributed by atoms with Crippen LogP contribution in [-0.2, 0) is 19.0 Å². The van der Waals surface area contributed by atoms with E-state index in [-0.39, 0.29) is 26.1 Å². The van der Waals surface area contributed by atoms with Crippen LogP contribution in [0.25, 0.3) is 0 Å². The molecule has 1 aliphatic carbocycles. The quantitative estimate of drug-likeness (QED) is 0.0955. The minimum Gasteiger partial charge on any atom is -0.394 e. The summed E-state index contributed by atoms with van der Waals surface area (Å²) < 4.78 is 17.5. The van der Waals surface area contributed by atoms with Crippen LogP contribution in [0.15, 0.2) is 0 Å². The minimum absolute atomic E-state index is 0.0614. The third-order valence-electron chi connectivity index (χ3n) is 8.50. The van der Waals surface area contributed by atoms with E-state index in [1.165, 1.54) is 14.0 Å². The number of carbonyl (C=O) groups is 1. The van der Waals surface area contributed by atoms with Gasteiger partial charge in [0.15, 0.2) is 6.29 Å². The predicted molar refractivity (Wildman–Crippen MR) is 146 cm³/mol. The van der Waals surface area contributed by atoms with E-state index in [1.807, 2.05) is 0 Å². The lowest BCUT2D eigenvalue weighted by atomic mass is 9.72. The van der Waals surface area contributed by atoms with Gasteiger partial charge < -0.3 is 87.6 Å². The third-order valence-corrected chi connectivity index (χ3v) is 8.50. The number of carbonyl (C=O) groups excluding carboxylic acids is 1. The number of hydrogen-bond donors (Lipinski definition) is 14. The maximum Gasteiger partial charge on any atom is 0.250 e. The van der Waals surface area contributed by atoms with Gasteiger partial charge in [-0.25, -0.2) is 0 Å². The fraction of sp³-hybridized carbons (Fsp3) is 0.960. The molecule has 2 saturated heterocycles. The number of nitrogens with two attached hydrogens (primary N) is 2. The second kappa shape index (κ2) is 15.4. The number of nitrogens with one attached hydrogen (secondary N) is 3. The summed E-state index contributed by atoms with van der Waals surface area (Å²) >= 11 is 0. The molecule has 3 fully saturated rings. The number of likely N-dealkylation sites (N-methyl/N-ethyl adjacent to an activating group) is 1. The van der Waals surface area contributed by atoms with Crippen LogP contribution >= 0.6 is 0 Å². The fourth-order valence-electron chi connectivity index (χ4n) is 6.08. The lowest BCUT2D eigenvalue weighted by Gasteiger charge is -2.52. The molecule has 1 saturated carbocycles. The van der Waals surface area contributed by atoms with Gasteiger partial charge in [-0.15, -0.1) is 0 Å². The van der Waals surface area contributed by atoms with E-state index in [0.29, 0.717) is 0 Å². The van der Waals surface area contributed by atoms with Crippen molar-refractivity contribution in [3.63, 3.8) is 0 Å². The van der Waals surface area contributed by atoms with Crippen LogP contribution in [0, 0.1) is 5.92 Å². The standard InChI is InChI=1S/C25H49N5O13/c1-25(40)8-41-24(19(38)22(25)28-2)43-20-11(30-23(39)12(33)4-26)3-10(27)14(16(20)35)21-18(37)17(36)15(34)13(42-21)6-29-5-9(32)7-31/h9-22,24,28-29,31-38,40H,3-8,26-27H2,1-2H3,(H,30,39). The zero-order valence-electron chi connectivity index (χ0n) is 24.2. The van der Waals surface area contributed by atoms with Crippen molar-refractivity contribution in [1.29, 1.82) is 0 Å². The lowest BCUT2D eigenvalue weighted by Crippen LogP contribution is -2.71. The molecule has 0 bridgehead atoms. The Morgan fingerprint density at radius 1 is 1.09 bits per heavy atom. The van der Waals surface area contributed by atoms with Crippen molar-refractivity contribution < 1.29 is 65.0 Å². The van der Waals surface area contributed by atoms with Crippen molar-refractivity contribution >= 4 is 5.91 Å². The Morgan fingerprint density at radius 3 is 2.37 bits per heavy atom. The Labute approximate surface area is 248 Å². The number of amides is 1. The number of ether oxygens (including phenoxy) is 3. The predicted octanol–water partition coefficient (Wildman–Crippen LogP) is -8.27. The van der Waals surface area contributed by atoms with Gasteiger partial charge in [0.25, 0.3) is 0 Å². The van der Waals surface area contributed by atoms with Gasteiger partial charge in [0.05, 0.1) is 49.7 Å². The first-order valence-electron chi connectivity index (χ1n) is 14.3. The first-order valence-corrected chi connectivity index (χ1v) is 14.3. The van der Waals surface area contributed by atoms with Crippen molar-refractivity contribution in [2.24, 2.45) is 17.4 Å². The Kier molecular flexibility index (Phi) is 13.0. The maximum atomic E-state index is 12.6. The first kappa shape index (κ1) is 36.3. The fourth-order valence-corrected chi connectivity index (χ4v) is 6.08. The highest BCUT2D eigenvalue weighted by molar-refractivity contribution is 5.81. The average molecular weight is 628 g/mol. The molecule has 2 aliphatic heterocycles. The van der Waals surface area contributed by atoms with Crippen LogP contribution in [0.4, 0.5) is 0 Å². The molecule has 0 radical (unpaired) electrons. The highest BCUT2D eigenvalue weighted by atomic mass is 16.7. The van der Waals surface area contributed by atoms with E-state index in [9.17, 15) is 45.6 Å². The van der Waals surface area contributed by atoms with Gasteiger partial charge in [0, 0.05) is 31.6 Å². The second-order valence-corrected chi connectivity index (χ2v) is 11.8. The minimum atomic E-state index is -1.72. The Morgan fingerprint density at radius 2 is 1.77 bits per heavy atom. The molecular weight excluding hydrogens is 578 g/mol. The summed E-state index contributed by atoms with van der Waals surface area (Å²) in [6, 6.07) is -2.96. The second-order valence-electron chi connectivity index (χ2n) is 11.8. The summed E-state index contributed by atoms with van der Waals surface area (Å²) in [6.07, 6.45) is -16.1. The topological polar surface area (TPSA) is 315 Å². The average Bonchev–Trinajstić information content (AvgIpc) is 2.96. The molecule has 18 nitrogen and oxygen atoms in total. The summed E-state index contributed by atoms with van der Waals surface area (Å²) in [5, 5.41) is 102. The van der Waals surface area contributed by atoms with E-state index in [2.05, 4.69) is 16.0 Å². The highest BCUT2D eigenvalue weighted by Gasteiger charge is 2.56. The van der Waals surface area contributed by atoms with E-state index in [0.717, 1.165) is 0 Å². The Balaban J connectivity index is 1.87. The van der Waals surface area contributed by atoms with Crippen molar-refractivity contribution in [2.75, 3.05) is 39.9 Å². The number of aliphatic hydroxyl groups is 9. The Bertz CT molecular complexity index is 892. The molecule has 0 aromatic heterocycles. The molecule has 0 aromatic carbocycles. The van der Waals surface area contributed by atoms with Crippen molar-refractivity contribution in [1.82, 2.24) is 16.0 Å². The van der Waals surface area contributed by atoms with E-state index >= 15 is 0 Å². The van der Waals surface area contributed by atoms with Gasteiger partial charge >= 0.3 is 0 Å². The van der Waals surface area contributed by atoms with Crippen molar-refractivity contribution in [2.45, 2.75) is 104 Å². The first-order chi connectivity index (χ1) is 20.2. The monoisotopic (exact) mass is 627 g/mol. The molecule has 0 spiro atoms. The van der Waals surface area contributed by atoms with E-state index in [1.54, 1.807) is 0 Å². The maximum absolute atomic E-state index is 12.6. The van der Waals surface area contributed by atoms with Crippen LogP contribution in [0.1, 0.15) is 13.3 Å². The molecule has 3 rings (SSSR count). The molecule has 18 heteroatoms. The molecule has 43 heavy (non-hydrogen) atoms. The van der Waals surface area contributed by atoms with Gasteiger partial charge in [-0.05, 0) is 20.4 Å².